The maximum absolute atomic E-state index is 13.3. The van der Waals surface area contributed by atoms with E-state index in [1.165, 1.54) is 6.92 Å². The van der Waals surface area contributed by atoms with Crippen molar-refractivity contribution in [3.8, 4) is 0 Å². The number of nitrogens with one attached hydrogen (secondary N) is 1. The fourth-order valence-corrected chi connectivity index (χ4v) is 3.58. The van der Waals surface area contributed by atoms with Crippen molar-refractivity contribution in [2.45, 2.75) is 68.7 Å². The first-order chi connectivity index (χ1) is 9.24. The zero-order valence-electron chi connectivity index (χ0n) is 11.2. The number of amides is 2. The van der Waals surface area contributed by atoms with Gasteiger partial charge in [-0.1, -0.05) is 12.8 Å². The van der Waals surface area contributed by atoms with Gasteiger partial charge in [-0.3, -0.25) is 9.59 Å². The monoisotopic (exact) mass is 290 g/mol. The molecule has 1 aliphatic heterocycles. The van der Waals surface area contributed by atoms with Crippen LogP contribution in [0.3, 0.4) is 0 Å². The Bertz CT molecular complexity index is 465. The lowest BCUT2D eigenvalue weighted by Crippen LogP contribution is -2.73. The van der Waals surface area contributed by atoms with E-state index >= 15 is 0 Å². The summed E-state index contributed by atoms with van der Waals surface area (Å²) in [6, 6.07) is -1.06. The third-order valence-electron chi connectivity index (χ3n) is 4.93. The minimum Gasteiger partial charge on any atom is -0.340 e. The molecule has 2 amide bonds. The molecule has 4 nitrogen and oxygen atoms in total. The van der Waals surface area contributed by atoms with Crippen LogP contribution in [0.15, 0.2) is 0 Å². The third kappa shape index (κ3) is 1.61. The normalized spacial score (nSPS) is 31.6. The van der Waals surface area contributed by atoms with Crippen molar-refractivity contribution in [2.24, 2.45) is 0 Å². The van der Waals surface area contributed by atoms with E-state index in [4.69, 9.17) is 0 Å². The first-order valence-electron chi connectivity index (χ1n) is 6.96. The van der Waals surface area contributed by atoms with Gasteiger partial charge in [0.25, 0.3) is 0 Å². The number of piperazine rings is 1. The van der Waals surface area contributed by atoms with Crippen LogP contribution in [0.1, 0.15) is 45.4 Å². The number of hydrogen-bond donors (Lipinski definition) is 1. The lowest BCUT2D eigenvalue weighted by molar-refractivity contribution is -0.211. The topological polar surface area (TPSA) is 49.4 Å². The predicted octanol–water partition coefficient (Wildman–Crippen LogP) is 1.74. The van der Waals surface area contributed by atoms with Gasteiger partial charge in [0, 0.05) is 0 Å². The highest BCUT2D eigenvalue weighted by Crippen LogP contribution is 2.56. The Morgan fingerprint density at radius 2 is 1.70 bits per heavy atom. The second kappa shape index (κ2) is 3.89. The second-order valence-corrected chi connectivity index (χ2v) is 6.16. The van der Waals surface area contributed by atoms with E-state index in [0.29, 0.717) is 12.8 Å². The van der Waals surface area contributed by atoms with Gasteiger partial charge >= 0.3 is 6.18 Å². The van der Waals surface area contributed by atoms with Crippen molar-refractivity contribution in [1.82, 2.24) is 10.2 Å². The first-order valence-corrected chi connectivity index (χ1v) is 6.96. The van der Waals surface area contributed by atoms with Crippen LogP contribution in [0.5, 0.6) is 0 Å². The molecule has 0 bridgehead atoms. The van der Waals surface area contributed by atoms with E-state index < -0.39 is 35.1 Å². The minimum atomic E-state index is -4.48. The molecule has 112 valence electrons. The number of nitrogens with zero attached hydrogens (tertiary/aromatic N) is 1. The highest BCUT2D eigenvalue weighted by Gasteiger charge is 2.71. The van der Waals surface area contributed by atoms with Crippen LogP contribution in [0.4, 0.5) is 13.2 Å². The number of carbonyl (C=O) groups is 2. The highest BCUT2D eigenvalue weighted by atomic mass is 19.4. The van der Waals surface area contributed by atoms with Gasteiger partial charge < -0.3 is 10.2 Å². The first kappa shape index (κ1) is 13.7. The maximum Gasteiger partial charge on any atom is 0.411 e. The number of rotatable bonds is 1. The fraction of sp³-hybridized carbons (Fsp3) is 0.846. The SMILES string of the molecule is CC1C(=O)NC2(CCCC2)C(=O)N1C1(C(F)(F)F)CC1. The van der Waals surface area contributed by atoms with E-state index in [1.807, 2.05) is 0 Å². The Kier molecular flexibility index (Phi) is 2.66. The summed E-state index contributed by atoms with van der Waals surface area (Å²) >= 11 is 0. The molecular formula is C13H17F3N2O2. The Morgan fingerprint density at radius 3 is 2.15 bits per heavy atom. The van der Waals surface area contributed by atoms with Crippen LogP contribution < -0.4 is 5.32 Å². The molecule has 1 spiro atoms. The van der Waals surface area contributed by atoms with E-state index in [9.17, 15) is 22.8 Å². The van der Waals surface area contributed by atoms with Crippen molar-refractivity contribution in [3.05, 3.63) is 0 Å². The number of alkyl halides is 3. The average molecular weight is 290 g/mol. The molecule has 0 aromatic carbocycles. The van der Waals surface area contributed by atoms with Crippen LogP contribution in [0.25, 0.3) is 0 Å². The molecule has 3 aliphatic rings. The summed E-state index contributed by atoms with van der Waals surface area (Å²) < 4.78 is 39.9. The molecule has 1 heterocycles. The quantitative estimate of drug-likeness (QED) is 0.799. The summed E-state index contributed by atoms with van der Waals surface area (Å²) in [7, 11) is 0. The Morgan fingerprint density at radius 1 is 1.15 bits per heavy atom. The Hall–Kier alpha value is -1.27. The highest BCUT2D eigenvalue weighted by molar-refractivity contribution is 6.00. The molecule has 3 fully saturated rings. The maximum atomic E-state index is 13.3. The summed E-state index contributed by atoms with van der Waals surface area (Å²) in [4.78, 5) is 25.5. The summed E-state index contributed by atoms with van der Waals surface area (Å²) in [5.41, 5.74) is -3.21. The van der Waals surface area contributed by atoms with E-state index in [2.05, 4.69) is 5.32 Å². The van der Waals surface area contributed by atoms with Crippen molar-refractivity contribution >= 4 is 11.8 Å². The van der Waals surface area contributed by atoms with Gasteiger partial charge in [0.15, 0.2) is 0 Å². The molecule has 3 rings (SSSR count). The van der Waals surface area contributed by atoms with Crippen molar-refractivity contribution < 1.29 is 22.8 Å². The van der Waals surface area contributed by atoms with Crippen molar-refractivity contribution in [2.75, 3.05) is 0 Å². The van der Waals surface area contributed by atoms with Gasteiger partial charge in [0.05, 0.1) is 0 Å². The summed E-state index contributed by atoms with van der Waals surface area (Å²) in [5, 5.41) is 2.68. The van der Waals surface area contributed by atoms with Crippen LogP contribution in [-0.2, 0) is 9.59 Å². The standard InChI is InChI=1S/C13H17F3N2O2/c1-8-9(19)17-11(4-2-3-5-11)10(20)18(8)12(6-7-12)13(14,15)16/h8H,2-7H2,1H3,(H,17,19). The Labute approximate surface area is 114 Å². The number of carbonyl (C=O) groups excluding carboxylic acids is 2. The Balaban J connectivity index is 2.00. The minimum absolute atomic E-state index is 0.101. The van der Waals surface area contributed by atoms with Crippen molar-refractivity contribution in [1.29, 1.82) is 0 Å². The van der Waals surface area contributed by atoms with E-state index in [-0.39, 0.29) is 12.8 Å². The van der Waals surface area contributed by atoms with Crippen LogP contribution in [0.2, 0.25) is 0 Å². The van der Waals surface area contributed by atoms with E-state index in [0.717, 1.165) is 17.7 Å². The lowest BCUT2D eigenvalue weighted by Gasteiger charge is -2.47. The smallest absolute Gasteiger partial charge is 0.340 e. The van der Waals surface area contributed by atoms with Crippen LogP contribution in [0, 0.1) is 0 Å². The molecule has 1 saturated heterocycles. The van der Waals surface area contributed by atoms with Gasteiger partial charge in [-0.05, 0) is 32.6 Å². The van der Waals surface area contributed by atoms with Gasteiger partial charge in [-0.25, -0.2) is 0 Å². The zero-order valence-corrected chi connectivity index (χ0v) is 11.2. The van der Waals surface area contributed by atoms with Crippen molar-refractivity contribution in [3.63, 3.8) is 0 Å². The molecule has 1 N–H and O–H groups in total. The molecule has 1 atom stereocenters. The molecular weight excluding hydrogens is 273 g/mol. The number of halogens is 3. The molecule has 7 heteroatoms. The van der Waals surface area contributed by atoms with Gasteiger partial charge in [0.1, 0.15) is 17.1 Å². The molecule has 0 aromatic heterocycles. The zero-order chi connectivity index (χ0) is 14.8. The molecule has 1 unspecified atom stereocenters. The molecule has 20 heavy (non-hydrogen) atoms. The van der Waals surface area contributed by atoms with Gasteiger partial charge in [-0.2, -0.15) is 13.2 Å². The molecule has 2 saturated carbocycles. The van der Waals surface area contributed by atoms with Gasteiger partial charge in [-0.15, -0.1) is 0 Å². The molecule has 0 radical (unpaired) electrons. The largest absolute Gasteiger partial charge is 0.411 e. The number of hydrogen-bond acceptors (Lipinski definition) is 2. The van der Waals surface area contributed by atoms with Crippen LogP contribution >= 0.6 is 0 Å². The fourth-order valence-electron chi connectivity index (χ4n) is 3.58. The lowest BCUT2D eigenvalue weighted by atomic mass is 9.89. The third-order valence-corrected chi connectivity index (χ3v) is 4.93. The summed E-state index contributed by atoms with van der Waals surface area (Å²) in [6.45, 7) is 1.38. The van der Waals surface area contributed by atoms with Gasteiger partial charge in [0.2, 0.25) is 11.8 Å². The summed E-state index contributed by atoms with van der Waals surface area (Å²) in [6.07, 6.45) is -2.29. The predicted molar refractivity (Wildman–Crippen MR) is 63.7 cm³/mol. The molecule has 0 aromatic rings. The second-order valence-electron chi connectivity index (χ2n) is 6.16. The summed E-state index contributed by atoms with van der Waals surface area (Å²) in [5.74, 6) is -1.01. The molecule has 2 aliphatic carbocycles. The van der Waals surface area contributed by atoms with E-state index in [1.54, 1.807) is 0 Å². The van der Waals surface area contributed by atoms with Crippen LogP contribution in [-0.4, -0.2) is 40.0 Å². The average Bonchev–Trinajstić information content (AvgIpc) is 3.02.